The number of likely N-dealkylation sites (N-methyl/N-ethyl adjacent to an activating group) is 1. The van der Waals surface area contributed by atoms with E-state index in [0.29, 0.717) is 6.54 Å². The molecule has 1 heterocycles. The zero-order valence-electron chi connectivity index (χ0n) is 10.7. The number of aryl methyl sites for hydroxylation is 1. The molecule has 0 saturated heterocycles. The Morgan fingerprint density at radius 1 is 1.53 bits per heavy atom. The second-order valence-corrected chi connectivity index (χ2v) is 6.11. The predicted octanol–water partition coefficient (Wildman–Crippen LogP) is 2.30. The molecule has 0 aliphatic heterocycles. The molecular weight excluding hydrogens is 234 g/mol. The topological polar surface area (TPSA) is 40.5 Å². The quantitative estimate of drug-likeness (QED) is 0.836. The molecule has 0 aliphatic carbocycles. The van der Waals surface area contributed by atoms with E-state index in [-0.39, 0.29) is 5.91 Å². The van der Waals surface area contributed by atoms with Crippen LogP contribution in [0, 0.1) is 6.92 Å². The molecule has 1 rings (SSSR count). The maximum Gasteiger partial charge on any atom is 0.246 e. The monoisotopic (exact) mass is 253 g/mol. The van der Waals surface area contributed by atoms with Crippen LogP contribution >= 0.6 is 11.3 Å². The van der Waals surface area contributed by atoms with Crippen LogP contribution in [-0.2, 0) is 4.79 Å². The fourth-order valence-corrected chi connectivity index (χ4v) is 2.26. The molecule has 94 valence electrons. The van der Waals surface area contributed by atoms with E-state index in [1.165, 1.54) is 15.9 Å². The third-order valence-electron chi connectivity index (χ3n) is 2.15. The van der Waals surface area contributed by atoms with Crippen molar-refractivity contribution < 1.29 is 9.90 Å². The van der Waals surface area contributed by atoms with Gasteiger partial charge in [-0.25, -0.2) is 0 Å². The van der Waals surface area contributed by atoms with E-state index in [9.17, 15) is 9.90 Å². The molecule has 0 unspecified atom stereocenters. The molecule has 1 aromatic rings. The van der Waals surface area contributed by atoms with Gasteiger partial charge in [0.1, 0.15) is 0 Å². The van der Waals surface area contributed by atoms with Crippen molar-refractivity contribution >= 4 is 23.3 Å². The lowest BCUT2D eigenvalue weighted by molar-refractivity contribution is -0.127. The normalized spacial score (nSPS) is 12.1. The largest absolute Gasteiger partial charge is 0.389 e. The number of hydrogen-bond acceptors (Lipinski definition) is 3. The summed E-state index contributed by atoms with van der Waals surface area (Å²) in [6.45, 7) is 5.72. The standard InChI is InChI=1S/C13H19NO2S/c1-10-5-6-11(17-10)7-8-12(15)14(4)9-13(2,3)16/h5-8,16H,9H2,1-4H3. The summed E-state index contributed by atoms with van der Waals surface area (Å²) in [6, 6.07) is 4.01. The Morgan fingerprint density at radius 2 is 2.18 bits per heavy atom. The number of nitrogens with zero attached hydrogens (tertiary/aromatic N) is 1. The lowest BCUT2D eigenvalue weighted by Gasteiger charge is -2.24. The van der Waals surface area contributed by atoms with Gasteiger partial charge in [-0.2, -0.15) is 0 Å². The van der Waals surface area contributed by atoms with Crippen molar-refractivity contribution in [3.05, 3.63) is 28.0 Å². The molecule has 0 atom stereocenters. The average Bonchev–Trinajstić information content (AvgIpc) is 2.58. The van der Waals surface area contributed by atoms with Gasteiger partial charge in [0, 0.05) is 29.4 Å². The van der Waals surface area contributed by atoms with E-state index < -0.39 is 5.60 Å². The van der Waals surface area contributed by atoms with Gasteiger partial charge in [-0.1, -0.05) is 0 Å². The SMILES string of the molecule is Cc1ccc(C=CC(=O)N(C)CC(C)(C)O)s1. The summed E-state index contributed by atoms with van der Waals surface area (Å²) in [4.78, 5) is 15.5. The predicted molar refractivity (Wildman–Crippen MR) is 72.0 cm³/mol. The van der Waals surface area contributed by atoms with Crippen molar-refractivity contribution in [2.75, 3.05) is 13.6 Å². The Kier molecular flexibility index (Phi) is 4.48. The van der Waals surface area contributed by atoms with E-state index in [0.717, 1.165) is 4.88 Å². The highest BCUT2D eigenvalue weighted by Crippen LogP contribution is 2.16. The summed E-state index contributed by atoms with van der Waals surface area (Å²) in [7, 11) is 1.68. The molecule has 1 N–H and O–H groups in total. The second-order valence-electron chi connectivity index (χ2n) is 4.79. The molecule has 0 saturated carbocycles. The minimum atomic E-state index is -0.863. The van der Waals surface area contributed by atoms with E-state index in [1.54, 1.807) is 38.3 Å². The van der Waals surface area contributed by atoms with Crippen LogP contribution in [0.25, 0.3) is 6.08 Å². The maximum atomic E-state index is 11.7. The number of rotatable bonds is 4. The molecule has 0 aliphatic rings. The molecule has 17 heavy (non-hydrogen) atoms. The highest BCUT2D eigenvalue weighted by molar-refractivity contribution is 7.12. The molecular formula is C13H19NO2S. The summed E-state index contributed by atoms with van der Waals surface area (Å²) < 4.78 is 0. The summed E-state index contributed by atoms with van der Waals surface area (Å²) in [5.41, 5.74) is -0.863. The fraction of sp³-hybridized carbons (Fsp3) is 0.462. The van der Waals surface area contributed by atoms with Gasteiger partial charge in [0.05, 0.1) is 5.60 Å². The highest BCUT2D eigenvalue weighted by atomic mass is 32.1. The summed E-state index contributed by atoms with van der Waals surface area (Å²) in [5, 5.41) is 9.61. The van der Waals surface area contributed by atoms with E-state index in [2.05, 4.69) is 0 Å². The summed E-state index contributed by atoms with van der Waals surface area (Å²) in [6.07, 6.45) is 3.35. The molecule has 3 nitrogen and oxygen atoms in total. The minimum Gasteiger partial charge on any atom is -0.389 e. The Balaban J connectivity index is 2.57. The third kappa shape index (κ3) is 5.15. The Morgan fingerprint density at radius 3 is 2.65 bits per heavy atom. The fourth-order valence-electron chi connectivity index (χ4n) is 1.48. The van der Waals surface area contributed by atoms with Crippen LogP contribution in [0.4, 0.5) is 0 Å². The molecule has 0 bridgehead atoms. The van der Waals surface area contributed by atoms with Crippen LogP contribution in [-0.4, -0.2) is 35.1 Å². The van der Waals surface area contributed by atoms with Crippen LogP contribution in [0.3, 0.4) is 0 Å². The second kappa shape index (κ2) is 5.47. The number of aliphatic hydroxyl groups is 1. The van der Waals surface area contributed by atoms with Gasteiger partial charge in [0.15, 0.2) is 0 Å². The van der Waals surface area contributed by atoms with Gasteiger partial charge in [0.25, 0.3) is 0 Å². The van der Waals surface area contributed by atoms with Crippen molar-refractivity contribution in [2.45, 2.75) is 26.4 Å². The van der Waals surface area contributed by atoms with Gasteiger partial charge in [-0.15, -0.1) is 11.3 Å². The molecule has 0 spiro atoms. The Hall–Kier alpha value is -1.13. The van der Waals surface area contributed by atoms with Gasteiger partial charge in [0.2, 0.25) is 5.91 Å². The van der Waals surface area contributed by atoms with Gasteiger partial charge >= 0.3 is 0 Å². The minimum absolute atomic E-state index is 0.0989. The maximum absolute atomic E-state index is 11.7. The van der Waals surface area contributed by atoms with Crippen molar-refractivity contribution in [3.63, 3.8) is 0 Å². The number of carbonyl (C=O) groups is 1. The van der Waals surface area contributed by atoms with Crippen LogP contribution in [0.1, 0.15) is 23.6 Å². The molecule has 1 aromatic heterocycles. The van der Waals surface area contributed by atoms with Crippen LogP contribution in [0.2, 0.25) is 0 Å². The van der Waals surface area contributed by atoms with Gasteiger partial charge < -0.3 is 10.0 Å². The van der Waals surface area contributed by atoms with E-state index in [4.69, 9.17) is 0 Å². The van der Waals surface area contributed by atoms with Crippen molar-refractivity contribution in [2.24, 2.45) is 0 Å². The van der Waals surface area contributed by atoms with Crippen molar-refractivity contribution in [1.29, 1.82) is 0 Å². The van der Waals surface area contributed by atoms with Crippen molar-refractivity contribution in [3.8, 4) is 0 Å². The zero-order valence-corrected chi connectivity index (χ0v) is 11.5. The Bertz CT molecular complexity index is 415. The number of amides is 1. The lowest BCUT2D eigenvalue weighted by atomic mass is 10.1. The summed E-state index contributed by atoms with van der Waals surface area (Å²) >= 11 is 1.65. The number of carbonyl (C=O) groups excluding carboxylic acids is 1. The number of hydrogen-bond donors (Lipinski definition) is 1. The first-order chi connectivity index (χ1) is 7.78. The molecule has 4 heteroatoms. The first kappa shape index (κ1) is 13.9. The van der Waals surface area contributed by atoms with E-state index in [1.807, 2.05) is 19.1 Å². The lowest BCUT2D eigenvalue weighted by Crippen LogP contribution is -2.38. The molecule has 1 amide bonds. The Labute approximate surface area is 106 Å². The smallest absolute Gasteiger partial charge is 0.246 e. The van der Waals surface area contributed by atoms with Crippen LogP contribution in [0.15, 0.2) is 18.2 Å². The van der Waals surface area contributed by atoms with Crippen LogP contribution in [0.5, 0.6) is 0 Å². The average molecular weight is 253 g/mol. The van der Waals surface area contributed by atoms with E-state index >= 15 is 0 Å². The zero-order chi connectivity index (χ0) is 13.1. The third-order valence-corrected chi connectivity index (χ3v) is 3.12. The van der Waals surface area contributed by atoms with Crippen LogP contribution < -0.4 is 0 Å². The first-order valence-electron chi connectivity index (χ1n) is 5.50. The highest BCUT2D eigenvalue weighted by Gasteiger charge is 2.17. The molecule has 0 fully saturated rings. The van der Waals surface area contributed by atoms with Crippen molar-refractivity contribution in [1.82, 2.24) is 4.90 Å². The molecule has 0 radical (unpaired) electrons. The first-order valence-corrected chi connectivity index (χ1v) is 6.31. The van der Waals surface area contributed by atoms with Gasteiger partial charge in [-0.3, -0.25) is 4.79 Å². The molecule has 0 aromatic carbocycles. The van der Waals surface area contributed by atoms with Gasteiger partial charge in [-0.05, 0) is 39.0 Å². The number of thiophene rings is 1. The summed E-state index contributed by atoms with van der Waals surface area (Å²) in [5.74, 6) is -0.0989.